The maximum Gasteiger partial charge on any atom is 0.410 e. The van der Waals surface area contributed by atoms with E-state index >= 15 is 0 Å². The molecule has 1 amide bonds. The molecule has 7 heteroatoms. The van der Waals surface area contributed by atoms with Crippen molar-refractivity contribution in [1.29, 1.82) is 0 Å². The number of carbonyl (C=O) groups is 2. The molecule has 0 aliphatic carbocycles. The molecule has 0 radical (unpaired) electrons. The van der Waals surface area contributed by atoms with Gasteiger partial charge in [-0.25, -0.2) is 9.59 Å². The van der Waals surface area contributed by atoms with E-state index in [1.54, 1.807) is 35.5 Å². The van der Waals surface area contributed by atoms with Gasteiger partial charge in [0.2, 0.25) is 0 Å². The summed E-state index contributed by atoms with van der Waals surface area (Å²) in [6.45, 7) is 6.93. The van der Waals surface area contributed by atoms with Crippen LogP contribution in [0, 0.1) is 5.92 Å². The predicted molar refractivity (Wildman–Crippen MR) is 104 cm³/mol. The Bertz CT molecular complexity index is 859. The molecular formula is C21H25N3O4. The number of carboxylic acid groups (broad SMARTS) is 1. The third-order valence-electron chi connectivity index (χ3n) is 4.55. The van der Waals surface area contributed by atoms with Crippen LogP contribution in [0.3, 0.4) is 0 Å². The number of rotatable bonds is 4. The quantitative estimate of drug-likeness (QED) is 0.866. The monoisotopic (exact) mass is 383 g/mol. The highest BCUT2D eigenvalue weighted by atomic mass is 16.6. The number of carbonyl (C=O) groups excluding carboxylic acids is 1. The zero-order valence-electron chi connectivity index (χ0n) is 16.4. The predicted octanol–water partition coefficient (Wildman–Crippen LogP) is 3.64. The Balaban J connectivity index is 1.60. The van der Waals surface area contributed by atoms with E-state index in [2.05, 4.69) is 9.97 Å². The van der Waals surface area contributed by atoms with Crippen LogP contribution < -0.4 is 0 Å². The molecule has 0 spiro atoms. The van der Waals surface area contributed by atoms with Gasteiger partial charge in [0.15, 0.2) is 0 Å². The molecule has 1 aliphatic heterocycles. The maximum absolute atomic E-state index is 12.2. The average Bonchev–Trinajstić information content (AvgIpc) is 3.10. The van der Waals surface area contributed by atoms with Crippen molar-refractivity contribution in [2.45, 2.75) is 39.2 Å². The number of aromatic nitrogens is 2. The van der Waals surface area contributed by atoms with Gasteiger partial charge in [-0.3, -0.25) is 9.97 Å². The largest absolute Gasteiger partial charge is 0.478 e. The number of likely N-dealkylation sites (tertiary alicyclic amines) is 1. The number of hydrogen-bond donors (Lipinski definition) is 1. The SMILES string of the molecule is CC(C)(C)OC(=O)N1CCC(Cc2cnc(-c3cccc(C(=O)O)c3)cn2)C1. The van der Waals surface area contributed by atoms with E-state index in [1.165, 1.54) is 0 Å². The number of hydrogen-bond acceptors (Lipinski definition) is 5. The molecule has 1 saturated heterocycles. The van der Waals surface area contributed by atoms with Crippen LogP contribution in [0.1, 0.15) is 43.2 Å². The van der Waals surface area contributed by atoms with Crippen molar-refractivity contribution in [1.82, 2.24) is 14.9 Å². The van der Waals surface area contributed by atoms with Crippen LogP contribution in [0.4, 0.5) is 4.79 Å². The normalized spacial score (nSPS) is 16.8. The van der Waals surface area contributed by atoms with Gasteiger partial charge in [-0.05, 0) is 51.7 Å². The van der Waals surface area contributed by atoms with Crippen LogP contribution >= 0.6 is 0 Å². The Hall–Kier alpha value is -2.96. The third kappa shape index (κ3) is 5.06. The molecule has 148 valence electrons. The summed E-state index contributed by atoms with van der Waals surface area (Å²) in [6, 6.07) is 6.63. The summed E-state index contributed by atoms with van der Waals surface area (Å²) in [5.74, 6) is -0.648. The van der Waals surface area contributed by atoms with Gasteiger partial charge in [0.25, 0.3) is 0 Å². The van der Waals surface area contributed by atoms with Gasteiger partial charge in [0, 0.05) is 24.8 Å². The van der Waals surface area contributed by atoms with E-state index in [0.717, 1.165) is 24.1 Å². The third-order valence-corrected chi connectivity index (χ3v) is 4.55. The minimum atomic E-state index is -0.970. The lowest BCUT2D eigenvalue weighted by atomic mass is 10.0. The van der Waals surface area contributed by atoms with Gasteiger partial charge in [0.05, 0.1) is 23.1 Å². The summed E-state index contributed by atoms with van der Waals surface area (Å²) >= 11 is 0. The molecule has 2 aromatic rings. The Morgan fingerprint density at radius 3 is 2.68 bits per heavy atom. The number of aromatic carboxylic acids is 1. The Morgan fingerprint density at radius 1 is 1.25 bits per heavy atom. The van der Waals surface area contributed by atoms with Crippen molar-refractivity contribution < 1.29 is 19.4 Å². The summed E-state index contributed by atoms with van der Waals surface area (Å²) in [5, 5.41) is 9.11. The lowest BCUT2D eigenvalue weighted by Crippen LogP contribution is -2.35. The van der Waals surface area contributed by atoms with Crippen LogP contribution in [-0.4, -0.2) is 50.7 Å². The first-order valence-corrected chi connectivity index (χ1v) is 9.34. The van der Waals surface area contributed by atoms with Gasteiger partial charge >= 0.3 is 12.1 Å². The molecule has 1 unspecified atom stereocenters. The molecule has 1 aromatic carbocycles. The smallest absolute Gasteiger partial charge is 0.410 e. The maximum atomic E-state index is 12.2. The van der Waals surface area contributed by atoms with Crippen LogP contribution in [0.5, 0.6) is 0 Å². The summed E-state index contributed by atoms with van der Waals surface area (Å²) in [7, 11) is 0. The zero-order chi connectivity index (χ0) is 20.3. The highest BCUT2D eigenvalue weighted by Crippen LogP contribution is 2.23. The minimum Gasteiger partial charge on any atom is -0.478 e. The van der Waals surface area contributed by atoms with Gasteiger partial charge in [0.1, 0.15) is 5.60 Å². The van der Waals surface area contributed by atoms with Crippen LogP contribution in [0.2, 0.25) is 0 Å². The summed E-state index contributed by atoms with van der Waals surface area (Å²) in [6.07, 6.45) is 4.76. The van der Waals surface area contributed by atoms with E-state index < -0.39 is 11.6 Å². The van der Waals surface area contributed by atoms with Crippen LogP contribution in [-0.2, 0) is 11.2 Å². The molecule has 0 saturated carbocycles. The fourth-order valence-corrected chi connectivity index (χ4v) is 3.21. The first-order valence-electron chi connectivity index (χ1n) is 9.34. The standard InChI is InChI=1S/C21H25N3O4/c1-21(2,3)28-20(27)24-8-7-14(13-24)9-17-11-23-18(12-22-17)15-5-4-6-16(10-15)19(25)26/h4-6,10-12,14H,7-9,13H2,1-3H3,(H,25,26). The van der Waals surface area contributed by atoms with E-state index in [4.69, 9.17) is 9.84 Å². The van der Waals surface area contributed by atoms with Gasteiger partial charge in [-0.2, -0.15) is 0 Å². The second kappa shape index (κ2) is 7.96. The minimum absolute atomic E-state index is 0.219. The number of amides is 1. The topological polar surface area (TPSA) is 92.6 Å². The highest BCUT2D eigenvalue weighted by molar-refractivity contribution is 5.89. The lowest BCUT2D eigenvalue weighted by molar-refractivity contribution is 0.0288. The molecule has 28 heavy (non-hydrogen) atoms. The summed E-state index contributed by atoms with van der Waals surface area (Å²) in [5.41, 5.74) is 1.93. The van der Waals surface area contributed by atoms with Crippen molar-refractivity contribution in [3.63, 3.8) is 0 Å². The average molecular weight is 383 g/mol. The Labute approximate surface area is 164 Å². The van der Waals surface area contributed by atoms with Crippen molar-refractivity contribution in [2.24, 2.45) is 5.92 Å². The first kappa shape index (κ1) is 19.8. The number of carboxylic acids is 1. The fourth-order valence-electron chi connectivity index (χ4n) is 3.21. The molecule has 1 fully saturated rings. The zero-order valence-corrected chi connectivity index (χ0v) is 16.4. The van der Waals surface area contributed by atoms with E-state index in [-0.39, 0.29) is 11.7 Å². The molecule has 3 rings (SSSR count). The van der Waals surface area contributed by atoms with E-state index in [9.17, 15) is 9.59 Å². The van der Waals surface area contributed by atoms with Gasteiger partial charge < -0.3 is 14.7 Å². The second-order valence-electron chi connectivity index (χ2n) is 8.06. The number of benzene rings is 1. The second-order valence-corrected chi connectivity index (χ2v) is 8.06. The molecule has 7 nitrogen and oxygen atoms in total. The first-order chi connectivity index (χ1) is 13.2. The van der Waals surface area contributed by atoms with Crippen molar-refractivity contribution in [2.75, 3.05) is 13.1 Å². The molecule has 1 atom stereocenters. The van der Waals surface area contributed by atoms with E-state index in [0.29, 0.717) is 24.7 Å². The highest BCUT2D eigenvalue weighted by Gasteiger charge is 2.30. The van der Waals surface area contributed by atoms with Crippen LogP contribution in [0.25, 0.3) is 11.3 Å². The Kier molecular flexibility index (Phi) is 5.63. The number of nitrogens with zero attached hydrogens (tertiary/aromatic N) is 3. The van der Waals surface area contributed by atoms with Gasteiger partial charge in [-0.1, -0.05) is 12.1 Å². The molecular weight excluding hydrogens is 358 g/mol. The summed E-state index contributed by atoms with van der Waals surface area (Å²) < 4.78 is 5.43. The Morgan fingerprint density at radius 2 is 2.04 bits per heavy atom. The lowest BCUT2D eigenvalue weighted by Gasteiger charge is -2.24. The molecule has 1 N–H and O–H groups in total. The van der Waals surface area contributed by atoms with Crippen LogP contribution in [0.15, 0.2) is 36.7 Å². The van der Waals surface area contributed by atoms with Crippen molar-refractivity contribution in [3.05, 3.63) is 47.9 Å². The van der Waals surface area contributed by atoms with Crippen molar-refractivity contribution in [3.8, 4) is 11.3 Å². The summed E-state index contributed by atoms with van der Waals surface area (Å²) in [4.78, 5) is 33.9. The van der Waals surface area contributed by atoms with Gasteiger partial charge in [-0.15, -0.1) is 0 Å². The molecule has 2 heterocycles. The molecule has 1 aromatic heterocycles. The number of ether oxygens (including phenoxy) is 1. The fraction of sp³-hybridized carbons (Fsp3) is 0.429. The molecule has 0 bridgehead atoms. The van der Waals surface area contributed by atoms with E-state index in [1.807, 2.05) is 26.8 Å². The van der Waals surface area contributed by atoms with Crippen molar-refractivity contribution >= 4 is 12.1 Å². The molecule has 1 aliphatic rings.